The minimum atomic E-state index is 0.110. The molecule has 0 atom stereocenters. The fourth-order valence-electron chi connectivity index (χ4n) is 2.59. The van der Waals surface area contributed by atoms with E-state index < -0.39 is 0 Å². The Morgan fingerprint density at radius 3 is 2.44 bits per heavy atom. The van der Waals surface area contributed by atoms with Crippen LogP contribution in [0.4, 0.5) is 0 Å². The highest BCUT2D eigenvalue weighted by Crippen LogP contribution is 2.40. The van der Waals surface area contributed by atoms with Crippen LogP contribution >= 0.6 is 0 Å². The van der Waals surface area contributed by atoms with E-state index in [1.165, 1.54) is 32.1 Å². The summed E-state index contributed by atoms with van der Waals surface area (Å²) in [5, 5.41) is 6.21. The molecule has 94 valence electrons. The van der Waals surface area contributed by atoms with Gasteiger partial charge in [0.2, 0.25) is 5.91 Å². The maximum absolute atomic E-state index is 11.4. The van der Waals surface area contributed by atoms with Gasteiger partial charge in [-0.25, -0.2) is 0 Å². The van der Waals surface area contributed by atoms with Crippen molar-refractivity contribution in [3.8, 4) is 0 Å². The van der Waals surface area contributed by atoms with Gasteiger partial charge in [0.05, 0.1) is 6.54 Å². The summed E-state index contributed by atoms with van der Waals surface area (Å²) in [6.45, 7) is 7.70. The Kier molecular flexibility index (Phi) is 5.26. The van der Waals surface area contributed by atoms with Crippen LogP contribution in [0.15, 0.2) is 0 Å². The number of nitrogens with one attached hydrogen (secondary N) is 2. The van der Waals surface area contributed by atoms with Gasteiger partial charge >= 0.3 is 0 Å². The molecule has 0 aliphatic heterocycles. The van der Waals surface area contributed by atoms with Gasteiger partial charge in [-0.2, -0.15) is 0 Å². The summed E-state index contributed by atoms with van der Waals surface area (Å²) in [4.78, 5) is 11.4. The second-order valence-corrected chi connectivity index (χ2v) is 5.39. The van der Waals surface area contributed by atoms with Crippen LogP contribution < -0.4 is 10.6 Å². The number of hydrogen-bond acceptors (Lipinski definition) is 2. The van der Waals surface area contributed by atoms with Crippen molar-refractivity contribution in [1.29, 1.82) is 0 Å². The van der Waals surface area contributed by atoms with Crippen LogP contribution in [0.3, 0.4) is 0 Å². The van der Waals surface area contributed by atoms with Gasteiger partial charge in [0.25, 0.3) is 0 Å². The Labute approximate surface area is 99.4 Å². The molecule has 16 heavy (non-hydrogen) atoms. The first-order valence-corrected chi connectivity index (χ1v) is 6.58. The molecule has 0 bridgehead atoms. The normalized spacial score (nSPS) is 19.0. The molecule has 0 heterocycles. The topological polar surface area (TPSA) is 41.1 Å². The predicted octanol–water partition coefficient (Wildman–Crippen LogP) is 2.07. The van der Waals surface area contributed by atoms with E-state index in [0.29, 0.717) is 12.0 Å². The van der Waals surface area contributed by atoms with Gasteiger partial charge in [0, 0.05) is 12.6 Å². The minimum absolute atomic E-state index is 0.110. The molecule has 1 fully saturated rings. The predicted molar refractivity (Wildman–Crippen MR) is 67.3 cm³/mol. The highest BCUT2D eigenvalue weighted by atomic mass is 16.1. The molecule has 3 nitrogen and oxygen atoms in total. The highest BCUT2D eigenvalue weighted by molar-refractivity contribution is 5.78. The Hall–Kier alpha value is -0.570. The molecule has 1 aliphatic rings. The Bertz CT molecular complexity index is 220. The van der Waals surface area contributed by atoms with E-state index in [1.807, 2.05) is 13.8 Å². The van der Waals surface area contributed by atoms with Crippen LogP contribution in [0.25, 0.3) is 0 Å². The van der Waals surface area contributed by atoms with Crippen molar-refractivity contribution in [2.24, 2.45) is 5.41 Å². The zero-order chi connectivity index (χ0) is 12.0. The largest absolute Gasteiger partial charge is 0.353 e. The molecule has 1 rings (SSSR count). The zero-order valence-electron chi connectivity index (χ0n) is 10.9. The first-order valence-electron chi connectivity index (χ1n) is 6.58. The van der Waals surface area contributed by atoms with Crippen LogP contribution in [0.1, 0.15) is 52.9 Å². The number of rotatable bonds is 6. The first kappa shape index (κ1) is 13.5. The monoisotopic (exact) mass is 226 g/mol. The summed E-state index contributed by atoms with van der Waals surface area (Å²) in [6, 6.07) is 0.237. The van der Waals surface area contributed by atoms with Gasteiger partial charge in [0.1, 0.15) is 0 Å². The van der Waals surface area contributed by atoms with Crippen LogP contribution in [-0.4, -0.2) is 25.0 Å². The van der Waals surface area contributed by atoms with Crippen LogP contribution in [0, 0.1) is 5.41 Å². The number of carbonyl (C=O) groups is 1. The van der Waals surface area contributed by atoms with Gasteiger partial charge in [0.15, 0.2) is 0 Å². The fraction of sp³-hybridized carbons (Fsp3) is 0.923. The SMILES string of the molecule is CCC1(CNCC(=O)NC(C)C)CCCC1. The summed E-state index contributed by atoms with van der Waals surface area (Å²) in [7, 11) is 0. The van der Waals surface area contributed by atoms with E-state index in [-0.39, 0.29) is 11.9 Å². The molecule has 0 unspecified atom stereocenters. The lowest BCUT2D eigenvalue weighted by atomic mass is 9.83. The average Bonchev–Trinajstić information content (AvgIpc) is 2.66. The minimum Gasteiger partial charge on any atom is -0.353 e. The second kappa shape index (κ2) is 6.24. The Morgan fingerprint density at radius 1 is 1.31 bits per heavy atom. The maximum atomic E-state index is 11.4. The lowest BCUT2D eigenvalue weighted by molar-refractivity contribution is -0.120. The van der Waals surface area contributed by atoms with Gasteiger partial charge < -0.3 is 10.6 Å². The standard InChI is InChI=1S/C13H26N2O/c1-4-13(7-5-6-8-13)10-14-9-12(16)15-11(2)3/h11,14H,4-10H2,1-3H3,(H,15,16). The van der Waals surface area contributed by atoms with Crippen molar-refractivity contribution in [3.63, 3.8) is 0 Å². The van der Waals surface area contributed by atoms with Gasteiger partial charge in [-0.15, -0.1) is 0 Å². The molecule has 3 heteroatoms. The van der Waals surface area contributed by atoms with E-state index in [1.54, 1.807) is 0 Å². The number of hydrogen-bond donors (Lipinski definition) is 2. The lowest BCUT2D eigenvalue weighted by Crippen LogP contribution is -2.41. The quantitative estimate of drug-likeness (QED) is 0.728. The molecule has 1 aliphatic carbocycles. The third kappa shape index (κ3) is 4.12. The van der Waals surface area contributed by atoms with Crippen LogP contribution in [-0.2, 0) is 4.79 Å². The van der Waals surface area contributed by atoms with Crippen molar-refractivity contribution in [2.45, 2.75) is 58.9 Å². The maximum Gasteiger partial charge on any atom is 0.234 e. The third-order valence-electron chi connectivity index (χ3n) is 3.65. The summed E-state index contributed by atoms with van der Waals surface area (Å²) < 4.78 is 0. The summed E-state index contributed by atoms with van der Waals surface area (Å²) in [6.07, 6.45) is 6.58. The van der Waals surface area contributed by atoms with E-state index in [4.69, 9.17) is 0 Å². The van der Waals surface area contributed by atoms with Crippen LogP contribution in [0.5, 0.6) is 0 Å². The Balaban J connectivity index is 2.21. The molecule has 0 saturated heterocycles. The summed E-state index contributed by atoms with van der Waals surface area (Å²) in [5.74, 6) is 0.110. The van der Waals surface area contributed by atoms with E-state index in [9.17, 15) is 4.79 Å². The molecular weight excluding hydrogens is 200 g/mol. The molecule has 0 spiro atoms. The van der Waals surface area contributed by atoms with Gasteiger partial charge in [-0.3, -0.25) is 4.79 Å². The third-order valence-corrected chi connectivity index (χ3v) is 3.65. The lowest BCUT2D eigenvalue weighted by Gasteiger charge is -2.27. The van der Waals surface area contributed by atoms with Crippen molar-refractivity contribution in [3.05, 3.63) is 0 Å². The molecule has 0 aromatic carbocycles. The molecule has 1 amide bonds. The zero-order valence-corrected chi connectivity index (χ0v) is 10.9. The average molecular weight is 226 g/mol. The summed E-state index contributed by atoms with van der Waals surface area (Å²) >= 11 is 0. The number of carbonyl (C=O) groups excluding carboxylic acids is 1. The fourth-order valence-corrected chi connectivity index (χ4v) is 2.59. The van der Waals surface area contributed by atoms with E-state index in [0.717, 1.165) is 6.54 Å². The summed E-state index contributed by atoms with van der Waals surface area (Å²) in [5.41, 5.74) is 0.470. The van der Waals surface area contributed by atoms with Crippen LogP contribution in [0.2, 0.25) is 0 Å². The van der Waals surface area contributed by atoms with Gasteiger partial charge in [-0.1, -0.05) is 19.8 Å². The highest BCUT2D eigenvalue weighted by Gasteiger charge is 2.31. The smallest absolute Gasteiger partial charge is 0.234 e. The molecule has 0 radical (unpaired) electrons. The van der Waals surface area contributed by atoms with Crippen molar-refractivity contribution in [1.82, 2.24) is 10.6 Å². The van der Waals surface area contributed by atoms with Crippen molar-refractivity contribution >= 4 is 5.91 Å². The first-order chi connectivity index (χ1) is 7.58. The van der Waals surface area contributed by atoms with E-state index >= 15 is 0 Å². The van der Waals surface area contributed by atoms with E-state index in [2.05, 4.69) is 17.6 Å². The molecule has 0 aromatic heterocycles. The van der Waals surface area contributed by atoms with Crippen molar-refractivity contribution < 1.29 is 4.79 Å². The molecule has 0 aromatic rings. The molecular formula is C13H26N2O. The number of amides is 1. The second-order valence-electron chi connectivity index (χ2n) is 5.39. The molecule has 1 saturated carbocycles. The Morgan fingerprint density at radius 2 is 1.94 bits per heavy atom. The molecule has 2 N–H and O–H groups in total. The van der Waals surface area contributed by atoms with Gasteiger partial charge in [-0.05, 0) is 38.5 Å². The van der Waals surface area contributed by atoms with Crippen molar-refractivity contribution in [2.75, 3.05) is 13.1 Å².